The molecule has 0 bridgehead atoms. The van der Waals surface area contributed by atoms with Crippen LogP contribution in [0.2, 0.25) is 0 Å². The van der Waals surface area contributed by atoms with Gasteiger partial charge in [0.1, 0.15) is 10.9 Å². The van der Waals surface area contributed by atoms with Crippen LogP contribution in [-0.4, -0.2) is 29.1 Å². The first-order valence-corrected chi connectivity index (χ1v) is 11.0. The number of benzene rings is 1. The standard InChI is InChI=1S/C21H23N3O3S2/c1-15-13-28-21(23-15)29-14-17-10-18(25)19(27-2)11-24(17)12-20(26)22-9-8-16-6-4-3-5-7-16/h3-7,10-11,13H,8-9,12,14H2,1-2H3,(H,22,26). The SMILES string of the molecule is COc1cn(CC(=O)NCCc2ccccc2)c(CSc2nc(C)cs2)cc1=O. The lowest BCUT2D eigenvalue weighted by Crippen LogP contribution is -2.30. The molecule has 2 heterocycles. The summed E-state index contributed by atoms with van der Waals surface area (Å²) in [6.45, 7) is 2.63. The number of thioether (sulfide) groups is 1. The number of nitrogens with zero attached hydrogens (tertiary/aromatic N) is 2. The largest absolute Gasteiger partial charge is 0.491 e. The zero-order valence-electron chi connectivity index (χ0n) is 16.4. The van der Waals surface area contributed by atoms with Crippen LogP contribution in [0.4, 0.5) is 0 Å². The fourth-order valence-electron chi connectivity index (χ4n) is 2.75. The number of hydrogen-bond donors (Lipinski definition) is 1. The minimum absolute atomic E-state index is 0.108. The van der Waals surface area contributed by atoms with E-state index in [9.17, 15) is 9.59 Å². The van der Waals surface area contributed by atoms with Crippen LogP contribution in [0.25, 0.3) is 0 Å². The molecule has 8 heteroatoms. The van der Waals surface area contributed by atoms with E-state index in [4.69, 9.17) is 4.74 Å². The van der Waals surface area contributed by atoms with Crippen LogP contribution in [0, 0.1) is 6.92 Å². The fraction of sp³-hybridized carbons (Fsp3) is 0.286. The lowest BCUT2D eigenvalue weighted by atomic mass is 10.1. The lowest BCUT2D eigenvalue weighted by Gasteiger charge is -2.14. The van der Waals surface area contributed by atoms with Crippen molar-refractivity contribution in [2.75, 3.05) is 13.7 Å². The van der Waals surface area contributed by atoms with E-state index in [-0.39, 0.29) is 23.6 Å². The molecule has 0 saturated heterocycles. The summed E-state index contributed by atoms with van der Waals surface area (Å²) in [5.41, 5.74) is 2.71. The maximum atomic E-state index is 12.4. The predicted molar refractivity (Wildman–Crippen MR) is 117 cm³/mol. The average molecular weight is 430 g/mol. The summed E-state index contributed by atoms with van der Waals surface area (Å²) in [6.07, 6.45) is 2.37. The molecule has 0 radical (unpaired) electrons. The Kier molecular flexibility index (Phi) is 7.48. The molecule has 2 aromatic heterocycles. The summed E-state index contributed by atoms with van der Waals surface area (Å²) in [5, 5.41) is 4.93. The molecule has 29 heavy (non-hydrogen) atoms. The molecule has 0 unspecified atom stereocenters. The van der Waals surface area contributed by atoms with Gasteiger partial charge in [-0.05, 0) is 18.9 Å². The van der Waals surface area contributed by atoms with Crippen molar-refractivity contribution in [1.29, 1.82) is 0 Å². The maximum absolute atomic E-state index is 12.4. The molecule has 0 atom stereocenters. The first kappa shape index (κ1) is 21.1. The van der Waals surface area contributed by atoms with Crippen LogP contribution in [0.5, 0.6) is 5.75 Å². The van der Waals surface area contributed by atoms with Crippen LogP contribution in [0.1, 0.15) is 17.0 Å². The molecule has 0 aliphatic rings. The number of rotatable bonds is 9. The Morgan fingerprint density at radius 1 is 1.31 bits per heavy atom. The zero-order chi connectivity index (χ0) is 20.6. The molecule has 152 valence electrons. The average Bonchev–Trinajstić information content (AvgIpc) is 3.14. The Morgan fingerprint density at radius 3 is 2.79 bits per heavy atom. The van der Waals surface area contributed by atoms with E-state index in [2.05, 4.69) is 10.3 Å². The van der Waals surface area contributed by atoms with Gasteiger partial charge in [-0.15, -0.1) is 11.3 Å². The summed E-state index contributed by atoms with van der Waals surface area (Å²) in [4.78, 5) is 29.1. The van der Waals surface area contributed by atoms with Crippen LogP contribution < -0.4 is 15.5 Å². The first-order valence-electron chi connectivity index (χ1n) is 9.18. The molecule has 0 fully saturated rings. The van der Waals surface area contributed by atoms with Crippen molar-refractivity contribution in [3.63, 3.8) is 0 Å². The second-order valence-corrected chi connectivity index (χ2v) is 8.53. The highest BCUT2D eigenvalue weighted by Crippen LogP contribution is 2.26. The highest BCUT2D eigenvalue weighted by atomic mass is 32.2. The molecule has 1 N–H and O–H groups in total. The third-order valence-corrected chi connectivity index (χ3v) is 6.41. The van der Waals surface area contributed by atoms with Crippen LogP contribution >= 0.6 is 23.1 Å². The van der Waals surface area contributed by atoms with Gasteiger partial charge in [0.2, 0.25) is 11.3 Å². The van der Waals surface area contributed by atoms with Gasteiger partial charge in [-0.1, -0.05) is 42.1 Å². The molecule has 0 spiro atoms. The Bertz CT molecular complexity index is 1020. The summed E-state index contributed by atoms with van der Waals surface area (Å²) in [5.74, 6) is 0.660. The van der Waals surface area contributed by atoms with Gasteiger partial charge in [-0.25, -0.2) is 4.98 Å². The topological polar surface area (TPSA) is 73.2 Å². The van der Waals surface area contributed by atoms with Gasteiger partial charge in [0, 0.05) is 35.1 Å². The zero-order valence-corrected chi connectivity index (χ0v) is 18.0. The Labute approximate surface area is 177 Å². The van der Waals surface area contributed by atoms with Gasteiger partial charge in [-0.3, -0.25) is 9.59 Å². The normalized spacial score (nSPS) is 10.7. The predicted octanol–water partition coefficient (Wildman–Crippen LogP) is 3.27. The minimum Gasteiger partial charge on any atom is -0.491 e. The number of aryl methyl sites for hydroxylation is 1. The van der Waals surface area contributed by atoms with E-state index in [1.165, 1.54) is 18.7 Å². The van der Waals surface area contributed by atoms with Gasteiger partial charge >= 0.3 is 0 Å². The number of amides is 1. The van der Waals surface area contributed by atoms with Crippen molar-refractivity contribution < 1.29 is 9.53 Å². The van der Waals surface area contributed by atoms with Gasteiger partial charge < -0.3 is 14.6 Å². The number of carbonyl (C=O) groups is 1. The van der Waals surface area contributed by atoms with Crippen LogP contribution in [0.15, 0.2) is 57.1 Å². The molecule has 3 rings (SSSR count). The summed E-state index contributed by atoms with van der Waals surface area (Å²) in [6, 6.07) is 11.5. The molecular weight excluding hydrogens is 406 g/mol. The van der Waals surface area contributed by atoms with Crippen molar-refractivity contribution in [3.05, 3.63) is 75.1 Å². The molecule has 1 amide bonds. The Balaban J connectivity index is 1.65. The van der Waals surface area contributed by atoms with Crippen molar-refractivity contribution in [2.24, 2.45) is 0 Å². The highest BCUT2D eigenvalue weighted by Gasteiger charge is 2.12. The molecule has 0 aliphatic carbocycles. The molecule has 0 aliphatic heterocycles. The first-order chi connectivity index (χ1) is 14.0. The minimum atomic E-state index is -0.195. The second kappa shape index (κ2) is 10.3. The van der Waals surface area contributed by atoms with E-state index in [1.54, 1.807) is 33.9 Å². The second-order valence-electron chi connectivity index (χ2n) is 6.45. The number of thiazole rings is 1. The summed E-state index contributed by atoms with van der Waals surface area (Å²) >= 11 is 3.12. The number of pyridine rings is 1. The smallest absolute Gasteiger partial charge is 0.239 e. The van der Waals surface area contributed by atoms with E-state index in [0.717, 1.165) is 22.1 Å². The Hall–Kier alpha value is -2.58. The fourth-order valence-corrected chi connectivity index (χ4v) is 4.60. The van der Waals surface area contributed by atoms with E-state index in [1.807, 2.05) is 42.6 Å². The van der Waals surface area contributed by atoms with Gasteiger partial charge in [0.25, 0.3) is 0 Å². The number of carbonyl (C=O) groups excluding carboxylic acids is 1. The molecule has 6 nitrogen and oxygen atoms in total. The van der Waals surface area contributed by atoms with Crippen molar-refractivity contribution >= 4 is 29.0 Å². The lowest BCUT2D eigenvalue weighted by molar-refractivity contribution is -0.121. The number of aromatic nitrogens is 2. The number of nitrogens with one attached hydrogen (secondary N) is 1. The molecule has 1 aromatic carbocycles. The summed E-state index contributed by atoms with van der Waals surface area (Å²) < 4.78 is 7.85. The maximum Gasteiger partial charge on any atom is 0.239 e. The van der Waals surface area contributed by atoms with Crippen LogP contribution in [0.3, 0.4) is 0 Å². The number of hydrogen-bond acceptors (Lipinski definition) is 6. The van der Waals surface area contributed by atoms with Crippen molar-refractivity contribution in [1.82, 2.24) is 14.9 Å². The number of methoxy groups -OCH3 is 1. The van der Waals surface area contributed by atoms with E-state index in [0.29, 0.717) is 12.3 Å². The van der Waals surface area contributed by atoms with Crippen molar-refractivity contribution in [3.8, 4) is 5.75 Å². The quantitative estimate of drug-likeness (QED) is 0.529. The van der Waals surface area contributed by atoms with Crippen LogP contribution in [-0.2, 0) is 23.5 Å². The molecule has 3 aromatic rings. The van der Waals surface area contributed by atoms with Crippen molar-refractivity contribution in [2.45, 2.75) is 30.0 Å². The summed E-state index contributed by atoms with van der Waals surface area (Å²) in [7, 11) is 1.45. The van der Waals surface area contributed by atoms with E-state index < -0.39 is 0 Å². The van der Waals surface area contributed by atoms with E-state index >= 15 is 0 Å². The highest BCUT2D eigenvalue weighted by molar-refractivity contribution is 8.00. The van der Waals surface area contributed by atoms with Gasteiger partial charge in [-0.2, -0.15) is 0 Å². The third-order valence-electron chi connectivity index (χ3n) is 4.24. The molecule has 0 saturated carbocycles. The Morgan fingerprint density at radius 2 is 2.10 bits per heavy atom. The van der Waals surface area contributed by atoms with Gasteiger partial charge in [0.05, 0.1) is 13.3 Å². The molecular formula is C21H23N3O3S2. The number of ether oxygens (including phenoxy) is 1. The van der Waals surface area contributed by atoms with Gasteiger partial charge in [0.15, 0.2) is 5.75 Å². The monoisotopic (exact) mass is 429 g/mol. The third kappa shape index (κ3) is 6.20.